The van der Waals surface area contributed by atoms with Crippen molar-refractivity contribution in [3.05, 3.63) is 51.7 Å². The van der Waals surface area contributed by atoms with Gasteiger partial charge in [-0.1, -0.05) is 35.2 Å². The van der Waals surface area contributed by atoms with E-state index >= 15 is 0 Å². The highest BCUT2D eigenvalue weighted by Crippen LogP contribution is 2.26. The summed E-state index contributed by atoms with van der Waals surface area (Å²) < 4.78 is 15.0. The van der Waals surface area contributed by atoms with Crippen molar-refractivity contribution < 1.29 is 4.39 Å². The van der Waals surface area contributed by atoms with Crippen LogP contribution in [0.2, 0.25) is 0 Å². The average Bonchev–Trinajstić information content (AvgIpc) is 2.85. The zero-order chi connectivity index (χ0) is 14.1. The molecule has 0 radical (unpaired) electrons. The van der Waals surface area contributed by atoms with Gasteiger partial charge in [0.05, 0.1) is 0 Å². The van der Waals surface area contributed by atoms with Crippen molar-refractivity contribution in [3.63, 3.8) is 0 Å². The summed E-state index contributed by atoms with van der Waals surface area (Å²) >= 11 is 2.73. The standard InChI is InChI=1S/C12H9FN4OS2/c1-7-10(18)17-11(15-14-7)20-12(16-17)19-6-8-3-2-4-9(13)5-8/h2-5H,6H2,1H3. The minimum Gasteiger partial charge on any atom is -0.265 e. The predicted molar refractivity (Wildman–Crippen MR) is 75.6 cm³/mol. The largest absolute Gasteiger partial charge is 0.296 e. The minimum absolute atomic E-state index is 0.259. The third-order valence-electron chi connectivity index (χ3n) is 2.58. The topological polar surface area (TPSA) is 60.1 Å². The molecule has 102 valence electrons. The fourth-order valence-electron chi connectivity index (χ4n) is 1.61. The predicted octanol–water partition coefficient (Wildman–Crippen LogP) is 2.29. The first kappa shape index (κ1) is 13.2. The van der Waals surface area contributed by atoms with Crippen LogP contribution in [0.5, 0.6) is 0 Å². The summed E-state index contributed by atoms with van der Waals surface area (Å²) in [5.41, 5.74) is 0.919. The van der Waals surface area contributed by atoms with E-state index in [1.54, 1.807) is 13.0 Å². The van der Waals surface area contributed by atoms with Crippen LogP contribution < -0.4 is 5.56 Å². The second-order valence-corrected chi connectivity index (χ2v) is 6.25. The molecule has 0 amide bonds. The van der Waals surface area contributed by atoms with Gasteiger partial charge in [0.25, 0.3) is 5.56 Å². The molecule has 0 aliphatic carbocycles. The summed E-state index contributed by atoms with van der Waals surface area (Å²) in [6.45, 7) is 1.60. The Morgan fingerprint density at radius 3 is 3.05 bits per heavy atom. The summed E-state index contributed by atoms with van der Waals surface area (Å²) in [4.78, 5) is 12.3. The molecule has 8 heteroatoms. The highest BCUT2D eigenvalue weighted by molar-refractivity contribution is 8.00. The van der Waals surface area contributed by atoms with Gasteiger partial charge in [-0.25, -0.2) is 4.39 Å². The number of hydrogen-bond acceptors (Lipinski definition) is 6. The van der Waals surface area contributed by atoms with Gasteiger partial charge in [0.15, 0.2) is 4.34 Å². The number of thioether (sulfide) groups is 1. The number of halogens is 1. The van der Waals surface area contributed by atoms with Crippen LogP contribution in [0.15, 0.2) is 33.4 Å². The molecule has 0 bridgehead atoms. The zero-order valence-electron chi connectivity index (χ0n) is 10.4. The molecule has 3 rings (SSSR count). The van der Waals surface area contributed by atoms with E-state index in [1.807, 2.05) is 6.07 Å². The Labute approximate surface area is 121 Å². The molecule has 0 unspecified atom stereocenters. The summed E-state index contributed by atoms with van der Waals surface area (Å²) in [6, 6.07) is 6.41. The highest BCUT2D eigenvalue weighted by Gasteiger charge is 2.10. The summed E-state index contributed by atoms with van der Waals surface area (Å²) in [5.74, 6) is 0.323. The lowest BCUT2D eigenvalue weighted by Crippen LogP contribution is -2.19. The maximum absolute atomic E-state index is 13.1. The van der Waals surface area contributed by atoms with Crippen molar-refractivity contribution in [2.75, 3.05) is 0 Å². The molecule has 3 aromatic rings. The molecule has 20 heavy (non-hydrogen) atoms. The van der Waals surface area contributed by atoms with Crippen molar-refractivity contribution in [1.82, 2.24) is 19.8 Å². The van der Waals surface area contributed by atoms with E-state index in [4.69, 9.17) is 0 Å². The van der Waals surface area contributed by atoms with Crippen LogP contribution in [0.4, 0.5) is 4.39 Å². The van der Waals surface area contributed by atoms with Crippen molar-refractivity contribution in [1.29, 1.82) is 0 Å². The van der Waals surface area contributed by atoms with Crippen LogP contribution >= 0.6 is 23.1 Å². The van der Waals surface area contributed by atoms with Crippen LogP contribution in [0.1, 0.15) is 11.3 Å². The van der Waals surface area contributed by atoms with Gasteiger partial charge in [0.2, 0.25) is 4.96 Å². The molecule has 5 nitrogen and oxygen atoms in total. The van der Waals surface area contributed by atoms with E-state index in [0.29, 0.717) is 20.7 Å². The summed E-state index contributed by atoms with van der Waals surface area (Å²) in [7, 11) is 0. The van der Waals surface area contributed by atoms with Crippen molar-refractivity contribution >= 4 is 28.1 Å². The third-order valence-corrected chi connectivity index (χ3v) is 4.68. The van der Waals surface area contributed by atoms with Crippen LogP contribution in [0, 0.1) is 12.7 Å². The van der Waals surface area contributed by atoms with Crippen LogP contribution in [0.3, 0.4) is 0 Å². The minimum atomic E-state index is -0.260. The molecule has 1 aromatic carbocycles. The zero-order valence-corrected chi connectivity index (χ0v) is 12.0. The molecule has 0 spiro atoms. The van der Waals surface area contributed by atoms with Gasteiger partial charge in [0, 0.05) is 5.75 Å². The van der Waals surface area contributed by atoms with Gasteiger partial charge in [-0.05, 0) is 24.6 Å². The van der Waals surface area contributed by atoms with E-state index in [-0.39, 0.29) is 11.4 Å². The molecule has 2 heterocycles. The first-order valence-corrected chi connectivity index (χ1v) is 7.54. The van der Waals surface area contributed by atoms with Gasteiger partial charge in [-0.15, -0.1) is 15.3 Å². The van der Waals surface area contributed by atoms with Crippen molar-refractivity contribution in [3.8, 4) is 0 Å². The summed E-state index contributed by atoms with van der Waals surface area (Å²) in [5, 5.41) is 11.9. The fourth-order valence-corrected chi connectivity index (χ4v) is 3.42. The number of nitrogens with zero attached hydrogens (tertiary/aromatic N) is 4. The number of aryl methyl sites for hydroxylation is 1. The van der Waals surface area contributed by atoms with E-state index in [2.05, 4.69) is 15.3 Å². The molecule has 0 saturated heterocycles. The molecule has 0 saturated carbocycles. The second-order valence-electron chi connectivity index (χ2n) is 4.07. The monoisotopic (exact) mass is 308 g/mol. The van der Waals surface area contributed by atoms with Crippen molar-refractivity contribution in [2.24, 2.45) is 0 Å². The number of rotatable bonds is 3. The Bertz CT molecular complexity index is 830. The lowest BCUT2D eigenvalue weighted by Gasteiger charge is -1.98. The van der Waals surface area contributed by atoms with E-state index < -0.39 is 0 Å². The Balaban J connectivity index is 1.85. The lowest BCUT2D eigenvalue weighted by atomic mass is 10.2. The Hall–Kier alpha value is -1.80. The van der Waals surface area contributed by atoms with E-state index in [1.165, 1.54) is 39.7 Å². The second kappa shape index (κ2) is 5.29. The van der Waals surface area contributed by atoms with Crippen LogP contribution in [0.25, 0.3) is 4.96 Å². The normalized spacial score (nSPS) is 11.1. The Kier molecular flexibility index (Phi) is 3.49. The molecular formula is C12H9FN4OS2. The number of benzene rings is 1. The molecule has 0 aliphatic heterocycles. The molecule has 0 N–H and O–H groups in total. The number of hydrogen-bond donors (Lipinski definition) is 0. The van der Waals surface area contributed by atoms with Gasteiger partial charge in [-0.2, -0.15) is 4.52 Å². The van der Waals surface area contributed by atoms with Crippen LogP contribution in [-0.2, 0) is 5.75 Å². The maximum atomic E-state index is 13.1. The van der Waals surface area contributed by atoms with E-state index in [9.17, 15) is 9.18 Å². The Morgan fingerprint density at radius 2 is 2.25 bits per heavy atom. The number of fused-ring (bicyclic) bond motifs is 1. The first-order valence-electron chi connectivity index (χ1n) is 5.74. The SMILES string of the molecule is Cc1nnc2sc(SCc3cccc(F)c3)nn2c1=O. The van der Waals surface area contributed by atoms with Gasteiger partial charge >= 0.3 is 0 Å². The summed E-state index contributed by atoms with van der Waals surface area (Å²) in [6.07, 6.45) is 0. The molecule has 0 atom stereocenters. The molecule has 0 fully saturated rings. The highest BCUT2D eigenvalue weighted by atomic mass is 32.2. The smallest absolute Gasteiger partial charge is 0.265 e. The van der Waals surface area contributed by atoms with Gasteiger partial charge in [0.1, 0.15) is 11.5 Å². The molecular weight excluding hydrogens is 299 g/mol. The van der Waals surface area contributed by atoms with E-state index in [0.717, 1.165) is 5.56 Å². The Morgan fingerprint density at radius 1 is 1.40 bits per heavy atom. The van der Waals surface area contributed by atoms with Gasteiger partial charge < -0.3 is 0 Å². The van der Waals surface area contributed by atoms with Crippen molar-refractivity contribution in [2.45, 2.75) is 17.0 Å². The molecule has 0 aliphatic rings. The lowest BCUT2D eigenvalue weighted by molar-refractivity contribution is 0.626. The van der Waals surface area contributed by atoms with Gasteiger partial charge in [-0.3, -0.25) is 4.79 Å². The third kappa shape index (κ3) is 2.56. The maximum Gasteiger partial charge on any atom is 0.296 e. The average molecular weight is 308 g/mol. The number of aromatic nitrogens is 4. The fraction of sp³-hybridized carbons (Fsp3) is 0.167. The quantitative estimate of drug-likeness (QED) is 0.695. The van der Waals surface area contributed by atoms with Crippen LogP contribution in [-0.4, -0.2) is 19.8 Å². The first-order chi connectivity index (χ1) is 9.63. The molecule has 2 aromatic heterocycles.